The zero-order valence-corrected chi connectivity index (χ0v) is 15.4. The lowest BCUT2D eigenvalue weighted by Gasteiger charge is -2.12. The van der Waals surface area contributed by atoms with E-state index >= 15 is 0 Å². The second-order valence-electron chi connectivity index (χ2n) is 5.42. The van der Waals surface area contributed by atoms with Gasteiger partial charge in [-0.1, -0.05) is 18.2 Å². The van der Waals surface area contributed by atoms with Gasteiger partial charge in [0, 0.05) is 14.1 Å². The number of hydrogen-bond donors (Lipinski definition) is 1. The van der Waals surface area contributed by atoms with Gasteiger partial charge in [-0.2, -0.15) is 0 Å². The summed E-state index contributed by atoms with van der Waals surface area (Å²) in [6, 6.07) is 5.27. The number of carbonyl (C=O) groups excluding carboxylic acids is 3. The Hall–Kier alpha value is -3.03. The van der Waals surface area contributed by atoms with Gasteiger partial charge in [-0.25, -0.2) is 4.79 Å². The van der Waals surface area contributed by atoms with E-state index in [0.29, 0.717) is 11.5 Å². The van der Waals surface area contributed by atoms with Crippen LogP contribution in [0.15, 0.2) is 24.3 Å². The van der Waals surface area contributed by atoms with E-state index < -0.39 is 18.5 Å². The van der Waals surface area contributed by atoms with E-state index in [-0.39, 0.29) is 19.1 Å². The molecule has 0 aliphatic rings. The third kappa shape index (κ3) is 7.25. The van der Waals surface area contributed by atoms with E-state index in [2.05, 4.69) is 5.32 Å². The van der Waals surface area contributed by atoms with E-state index in [4.69, 9.17) is 14.2 Å². The lowest BCUT2D eigenvalue weighted by molar-refractivity contribution is -0.150. The largest absolute Gasteiger partial charge is 0.493 e. The third-order valence-electron chi connectivity index (χ3n) is 3.19. The number of methoxy groups -OCH3 is 1. The number of amides is 2. The van der Waals surface area contributed by atoms with Gasteiger partial charge < -0.3 is 24.4 Å². The van der Waals surface area contributed by atoms with Crippen molar-refractivity contribution in [3.63, 3.8) is 0 Å². The topological polar surface area (TPSA) is 94.2 Å². The summed E-state index contributed by atoms with van der Waals surface area (Å²) in [6.07, 6.45) is 3.80. The van der Waals surface area contributed by atoms with Crippen LogP contribution in [0.25, 0.3) is 6.08 Å². The Bertz CT molecular complexity index is 670. The molecule has 1 N–H and O–H groups in total. The molecule has 0 bridgehead atoms. The number of carbonyl (C=O) groups is 3. The molecule has 142 valence electrons. The fourth-order valence-electron chi connectivity index (χ4n) is 1.81. The molecule has 2 amide bonds. The highest BCUT2D eigenvalue weighted by molar-refractivity contribution is 5.86. The molecule has 0 fully saturated rings. The molecule has 0 spiro atoms. The van der Waals surface area contributed by atoms with Crippen LogP contribution in [0.1, 0.15) is 12.5 Å². The highest BCUT2D eigenvalue weighted by atomic mass is 16.6. The molecule has 0 saturated carbocycles. The van der Waals surface area contributed by atoms with Crippen molar-refractivity contribution < 1.29 is 28.6 Å². The summed E-state index contributed by atoms with van der Waals surface area (Å²) in [4.78, 5) is 35.9. The molecule has 26 heavy (non-hydrogen) atoms. The van der Waals surface area contributed by atoms with Gasteiger partial charge in [0.05, 0.1) is 13.7 Å². The smallest absolute Gasteiger partial charge is 0.344 e. The molecule has 0 aliphatic heterocycles. The van der Waals surface area contributed by atoms with E-state index in [1.165, 1.54) is 12.0 Å². The van der Waals surface area contributed by atoms with Crippen molar-refractivity contribution in [1.82, 2.24) is 10.2 Å². The number of nitrogens with zero attached hydrogens (tertiary/aromatic N) is 1. The number of allylic oxidation sites excluding steroid dienone is 1. The molecule has 0 aromatic heterocycles. The lowest BCUT2D eigenvalue weighted by Crippen LogP contribution is -2.38. The third-order valence-corrected chi connectivity index (χ3v) is 3.19. The number of ether oxygens (including phenoxy) is 3. The van der Waals surface area contributed by atoms with Crippen molar-refractivity contribution in [2.45, 2.75) is 6.92 Å². The Morgan fingerprint density at radius 2 is 1.88 bits per heavy atom. The van der Waals surface area contributed by atoms with Gasteiger partial charge in [0.1, 0.15) is 0 Å². The van der Waals surface area contributed by atoms with Gasteiger partial charge in [0.2, 0.25) is 5.91 Å². The number of rotatable bonds is 9. The standard InChI is InChI=1S/C18H24N2O6/c1-5-6-13-7-8-14(15(9-13)24-4)25-12-18(23)26-11-16(21)19-10-17(22)20(2)3/h5-9H,10-12H2,1-4H3,(H,19,21)/b6-5+. The van der Waals surface area contributed by atoms with Gasteiger partial charge in [0.15, 0.2) is 24.7 Å². The maximum Gasteiger partial charge on any atom is 0.344 e. The van der Waals surface area contributed by atoms with Crippen LogP contribution in [0.2, 0.25) is 0 Å². The second kappa shape index (κ2) is 10.8. The molecule has 0 saturated heterocycles. The summed E-state index contributed by atoms with van der Waals surface area (Å²) in [5.41, 5.74) is 0.934. The van der Waals surface area contributed by atoms with Gasteiger partial charge in [-0.3, -0.25) is 9.59 Å². The zero-order valence-electron chi connectivity index (χ0n) is 15.4. The average Bonchev–Trinajstić information content (AvgIpc) is 2.63. The van der Waals surface area contributed by atoms with Crippen LogP contribution in [0.5, 0.6) is 11.5 Å². The number of esters is 1. The van der Waals surface area contributed by atoms with Gasteiger partial charge in [0.25, 0.3) is 5.91 Å². The summed E-state index contributed by atoms with van der Waals surface area (Å²) < 4.78 is 15.4. The number of hydrogen-bond acceptors (Lipinski definition) is 6. The maximum absolute atomic E-state index is 11.7. The number of nitrogens with one attached hydrogen (secondary N) is 1. The Morgan fingerprint density at radius 3 is 2.50 bits per heavy atom. The molecule has 1 rings (SSSR count). The van der Waals surface area contributed by atoms with Crippen molar-refractivity contribution in [1.29, 1.82) is 0 Å². The summed E-state index contributed by atoms with van der Waals surface area (Å²) in [7, 11) is 4.65. The molecule has 8 nitrogen and oxygen atoms in total. The molecule has 8 heteroatoms. The zero-order chi connectivity index (χ0) is 19.5. The number of benzene rings is 1. The minimum atomic E-state index is -0.710. The molecule has 1 aromatic rings. The van der Waals surface area contributed by atoms with E-state index in [0.717, 1.165) is 5.56 Å². The van der Waals surface area contributed by atoms with E-state index in [1.54, 1.807) is 26.2 Å². The van der Waals surface area contributed by atoms with Gasteiger partial charge >= 0.3 is 5.97 Å². The summed E-state index contributed by atoms with van der Waals surface area (Å²) in [5.74, 6) is -0.672. The van der Waals surface area contributed by atoms with Gasteiger partial charge in [-0.15, -0.1) is 0 Å². The number of likely N-dealkylation sites (N-methyl/N-ethyl adjacent to an activating group) is 1. The van der Waals surface area contributed by atoms with Gasteiger partial charge in [-0.05, 0) is 24.6 Å². The van der Waals surface area contributed by atoms with Crippen LogP contribution >= 0.6 is 0 Å². The predicted molar refractivity (Wildman–Crippen MR) is 95.9 cm³/mol. The highest BCUT2D eigenvalue weighted by Gasteiger charge is 2.12. The minimum Gasteiger partial charge on any atom is -0.493 e. The Balaban J connectivity index is 2.42. The molecule has 0 heterocycles. The first-order valence-corrected chi connectivity index (χ1v) is 7.93. The fourth-order valence-corrected chi connectivity index (χ4v) is 1.81. The first kappa shape index (κ1) is 21.0. The molecular weight excluding hydrogens is 340 g/mol. The van der Waals surface area contributed by atoms with Crippen LogP contribution in [0.4, 0.5) is 0 Å². The first-order valence-electron chi connectivity index (χ1n) is 7.93. The fraction of sp³-hybridized carbons (Fsp3) is 0.389. The molecule has 0 aliphatic carbocycles. The summed E-state index contributed by atoms with van der Waals surface area (Å²) >= 11 is 0. The Labute approximate surface area is 152 Å². The van der Waals surface area contributed by atoms with Crippen LogP contribution < -0.4 is 14.8 Å². The minimum absolute atomic E-state index is 0.157. The highest BCUT2D eigenvalue weighted by Crippen LogP contribution is 2.28. The molecule has 0 unspecified atom stereocenters. The quantitative estimate of drug-likeness (QED) is 0.653. The first-order chi connectivity index (χ1) is 12.4. The van der Waals surface area contributed by atoms with Crippen molar-refractivity contribution in [3.05, 3.63) is 29.8 Å². The monoisotopic (exact) mass is 364 g/mol. The molecule has 0 radical (unpaired) electrons. The molecule has 1 aromatic carbocycles. The SMILES string of the molecule is C/C=C/c1ccc(OCC(=O)OCC(=O)NCC(=O)N(C)C)c(OC)c1. The van der Waals surface area contributed by atoms with Crippen molar-refractivity contribution >= 4 is 23.9 Å². The predicted octanol–water partition coefficient (Wildman–Crippen LogP) is 0.855. The van der Waals surface area contributed by atoms with Crippen LogP contribution in [0.3, 0.4) is 0 Å². The average molecular weight is 364 g/mol. The summed E-state index contributed by atoms with van der Waals surface area (Å²) in [6.45, 7) is 0.887. The van der Waals surface area contributed by atoms with Crippen molar-refractivity contribution in [2.24, 2.45) is 0 Å². The molecule has 0 atom stereocenters. The normalized spacial score (nSPS) is 10.3. The Morgan fingerprint density at radius 1 is 1.15 bits per heavy atom. The van der Waals surface area contributed by atoms with Crippen LogP contribution in [0, 0.1) is 0 Å². The lowest BCUT2D eigenvalue weighted by atomic mass is 10.2. The summed E-state index contributed by atoms with van der Waals surface area (Å²) in [5, 5.41) is 2.35. The maximum atomic E-state index is 11.7. The van der Waals surface area contributed by atoms with E-state index in [1.807, 2.05) is 25.1 Å². The Kier molecular flexibility index (Phi) is 8.69. The van der Waals surface area contributed by atoms with Crippen LogP contribution in [-0.2, 0) is 19.1 Å². The second-order valence-corrected chi connectivity index (χ2v) is 5.42. The van der Waals surface area contributed by atoms with Crippen LogP contribution in [-0.4, -0.2) is 63.6 Å². The van der Waals surface area contributed by atoms with E-state index in [9.17, 15) is 14.4 Å². The van der Waals surface area contributed by atoms with Crippen molar-refractivity contribution in [2.75, 3.05) is 41.0 Å². The van der Waals surface area contributed by atoms with Crippen molar-refractivity contribution in [3.8, 4) is 11.5 Å². The molecular formula is C18H24N2O6.